The van der Waals surface area contributed by atoms with Crippen molar-refractivity contribution in [3.8, 4) is 11.8 Å². The second kappa shape index (κ2) is 7.57. The van der Waals surface area contributed by atoms with Crippen LogP contribution in [0.2, 0.25) is 0 Å². The number of nitrogens with one attached hydrogen (secondary N) is 1. The third-order valence-corrected chi connectivity index (χ3v) is 5.13. The van der Waals surface area contributed by atoms with Crippen LogP contribution in [0, 0.1) is 17.1 Å². The van der Waals surface area contributed by atoms with E-state index in [1.54, 1.807) is 30.3 Å². The number of benzene rings is 2. The average Bonchev–Trinajstić information content (AvgIpc) is 2.69. The van der Waals surface area contributed by atoms with Crippen LogP contribution in [0.4, 0.5) is 10.1 Å². The van der Waals surface area contributed by atoms with Crippen molar-refractivity contribution in [1.82, 2.24) is 0 Å². The molecule has 1 N–H and O–H groups in total. The molecule has 0 spiro atoms. The first kappa shape index (κ1) is 17.9. The Hall–Kier alpha value is -2.87. The standard InChI is InChI=1S/C21H21FN2O2/c1-26-18-9-10-19(15(13-18)14-23)24-20(25)21(11-3-2-4-12-21)16-5-7-17(22)8-6-16/h5-10,13H,2-4,11-12H2,1H3,(H,24,25). The van der Waals surface area contributed by atoms with Crippen molar-refractivity contribution in [3.63, 3.8) is 0 Å². The fourth-order valence-electron chi connectivity index (χ4n) is 3.66. The first-order valence-corrected chi connectivity index (χ1v) is 8.75. The third kappa shape index (κ3) is 3.41. The minimum absolute atomic E-state index is 0.148. The largest absolute Gasteiger partial charge is 0.497 e. The lowest BCUT2D eigenvalue weighted by molar-refractivity contribution is -0.122. The number of ether oxygens (including phenoxy) is 1. The van der Waals surface area contributed by atoms with Crippen molar-refractivity contribution < 1.29 is 13.9 Å². The molecule has 1 amide bonds. The molecule has 0 aromatic heterocycles. The Morgan fingerprint density at radius 2 is 1.85 bits per heavy atom. The maximum absolute atomic E-state index is 13.3. The molecule has 5 heteroatoms. The van der Waals surface area contributed by atoms with Gasteiger partial charge in [0.1, 0.15) is 17.6 Å². The number of hydrogen-bond acceptors (Lipinski definition) is 3. The number of carbonyl (C=O) groups excluding carboxylic acids is 1. The fourth-order valence-corrected chi connectivity index (χ4v) is 3.66. The number of carbonyl (C=O) groups is 1. The molecule has 0 atom stereocenters. The molecular formula is C21H21FN2O2. The molecule has 2 aromatic carbocycles. The van der Waals surface area contributed by atoms with Crippen molar-refractivity contribution in [2.45, 2.75) is 37.5 Å². The van der Waals surface area contributed by atoms with Gasteiger partial charge >= 0.3 is 0 Å². The first-order valence-electron chi connectivity index (χ1n) is 8.75. The smallest absolute Gasteiger partial charge is 0.235 e. The highest BCUT2D eigenvalue weighted by Gasteiger charge is 2.41. The van der Waals surface area contributed by atoms with Crippen LogP contribution < -0.4 is 10.1 Å². The summed E-state index contributed by atoms with van der Waals surface area (Å²) in [5.41, 5.74) is 0.940. The van der Waals surface area contributed by atoms with Crippen LogP contribution in [-0.2, 0) is 10.2 Å². The number of amides is 1. The lowest BCUT2D eigenvalue weighted by atomic mass is 9.68. The lowest BCUT2D eigenvalue weighted by Crippen LogP contribution is -2.42. The number of halogens is 1. The molecule has 0 heterocycles. The Labute approximate surface area is 152 Å². The third-order valence-electron chi connectivity index (χ3n) is 5.13. The summed E-state index contributed by atoms with van der Waals surface area (Å²) in [5.74, 6) is 0.0953. The van der Waals surface area contributed by atoms with Gasteiger partial charge in [-0.25, -0.2) is 4.39 Å². The van der Waals surface area contributed by atoms with Crippen LogP contribution in [0.25, 0.3) is 0 Å². The van der Waals surface area contributed by atoms with Gasteiger partial charge in [0.05, 0.1) is 23.8 Å². The molecule has 3 rings (SSSR count). The second-order valence-electron chi connectivity index (χ2n) is 6.63. The van der Waals surface area contributed by atoms with Crippen LogP contribution >= 0.6 is 0 Å². The molecule has 0 unspecified atom stereocenters. The Morgan fingerprint density at radius 1 is 1.15 bits per heavy atom. The van der Waals surface area contributed by atoms with Crippen LogP contribution in [0.3, 0.4) is 0 Å². The van der Waals surface area contributed by atoms with Gasteiger partial charge in [0.25, 0.3) is 0 Å². The van der Waals surface area contributed by atoms with E-state index in [1.165, 1.54) is 19.2 Å². The highest BCUT2D eigenvalue weighted by Crippen LogP contribution is 2.41. The van der Waals surface area contributed by atoms with Gasteiger partial charge in [0.15, 0.2) is 0 Å². The van der Waals surface area contributed by atoms with E-state index in [1.807, 2.05) is 0 Å². The molecule has 1 saturated carbocycles. The fraction of sp³-hybridized carbons (Fsp3) is 0.333. The summed E-state index contributed by atoms with van der Waals surface area (Å²) < 4.78 is 18.5. The molecule has 26 heavy (non-hydrogen) atoms. The molecule has 0 radical (unpaired) electrons. The van der Waals surface area contributed by atoms with Crippen molar-refractivity contribution >= 4 is 11.6 Å². The van der Waals surface area contributed by atoms with Crippen LogP contribution in [0.15, 0.2) is 42.5 Å². The SMILES string of the molecule is COc1ccc(NC(=O)C2(c3ccc(F)cc3)CCCCC2)c(C#N)c1. The molecule has 1 fully saturated rings. The van der Waals surface area contributed by atoms with Gasteiger partial charge in [-0.05, 0) is 48.7 Å². The van der Waals surface area contributed by atoms with Crippen LogP contribution in [-0.4, -0.2) is 13.0 Å². The van der Waals surface area contributed by atoms with Crippen LogP contribution in [0.1, 0.15) is 43.2 Å². The van der Waals surface area contributed by atoms with Gasteiger partial charge in [-0.2, -0.15) is 5.26 Å². The average molecular weight is 352 g/mol. The Morgan fingerprint density at radius 3 is 2.46 bits per heavy atom. The lowest BCUT2D eigenvalue weighted by Gasteiger charge is -2.36. The molecule has 1 aliphatic carbocycles. The van der Waals surface area contributed by atoms with Crippen molar-refractivity contribution in [2.75, 3.05) is 12.4 Å². The maximum atomic E-state index is 13.3. The zero-order chi connectivity index (χ0) is 18.6. The zero-order valence-electron chi connectivity index (χ0n) is 14.7. The molecular weight excluding hydrogens is 331 g/mol. The van der Waals surface area contributed by atoms with Crippen molar-refractivity contribution in [2.24, 2.45) is 0 Å². The van der Waals surface area contributed by atoms with Gasteiger partial charge in [0, 0.05) is 0 Å². The summed E-state index contributed by atoms with van der Waals surface area (Å²) in [6, 6.07) is 13.3. The van der Waals surface area contributed by atoms with E-state index in [0.29, 0.717) is 29.8 Å². The summed E-state index contributed by atoms with van der Waals surface area (Å²) in [6.07, 6.45) is 4.39. The first-order chi connectivity index (χ1) is 12.6. The van der Waals surface area contributed by atoms with E-state index in [9.17, 15) is 14.4 Å². The van der Waals surface area contributed by atoms with E-state index in [-0.39, 0.29) is 11.7 Å². The quantitative estimate of drug-likeness (QED) is 0.878. The topological polar surface area (TPSA) is 62.1 Å². The number of rotatable bonds is 4. The molecule has 0 bridgehead atoms. The number of nitrogens with zero attached hydrogens (tertiary/aromatic N) is 1. The van der Waals surface area contributed by atoms with Gasteiger partial charge in [0.2, 0.25) is 5.91 Å². The number of anilines is 1. The summed E-state index contributed by atoms with van der Waals surface area (Å²) in [7, 11) is 1.53. The van der Waals surface area contributed by atoms with Gasteiger partial charge in [-0.3, -0.25) is 4.79 Å². The maximum Gasteiger partial charge on any atom is 0.235 e. The normalized spacial score (nSPS) is 15.7. The second-order valence-corrected chi connectivity index (χ2v) is 6.63. The number of hydrogen-bond donors (Lipinski definition) is 1. The van der Waals surface area contributed by atoms with E-state index < -0.39 is 5.41 Å². The monoisotopic (exact) mass is 352 g/mol. The number of nitriles is 1. The molecule has 1 aliphatic rings. The van der Waals surface area contributed by atoms with E-state index >= 15 is 0 Å². The summed E-state index contributed by atoms with van der Waals surface area (Å²) in [4.78, 5) is 13.3. The van der Waals surface area contributed by atoms with Gasteiger partial charge < -0.3 is 10.1 Å². The Balaban J connectivity index is 1.94. The highest BCUT2D eigenvalue weighted by molar-refractivity contribution is 6.00. The van der Waals surface area contributed by atoms with E-state index in [4.69, 9.17) is 4.74 Å². The highest BCUT2D eigenvalue weighted by atomic mass is 19.1. The molecule has 0 saturated heterocycles. The van der Waals surface area contributed by atoms with Crippen LogP contribution in [0.5, 0.6) is 5.75 Å². The molecule has 134 valence electrons. The minimum Gasteiger partial charge on any atom is -0.497 e. The van der Waals surface area contributed by atoms with Gasteiger partial charge in [-0.1, -0.05) is 31.4 Å². The number of methoxy groups -OCH3 is 1. The van der Waals surface area contributed by atoms with E-state index in [2.05, 4.69) is 11.4 Å². The summed E-state index contributed by atoms with van der Waals surface area (Å²) in [5, 5.41) is 12.3. The van der Waals surface area contributed by atoms with Crippen molar-refractivity contribution in [3.05, 3.63) is 59.4 Å². The Bertz CT molecular complexity index is 834. The van der Waals surface area contributed by atoms with Gasteiger partial charge in [-0.15, -0.1) is 0 Å². The summed E-state index contributed by atoms with van der Waals surface area (Å²) >= 11 is 0. The molecule has 0 aliphatic heterocycles. The minimum atomic E-state index is -0.696. The van der Waals surface area contributed by atoms with Crippen molar-refractivity contribution in [1.29, 1.82) is 5.26 Å². The predicted octanol–water partition coefficient (Wildman–Crippen LogP) is 4.55. The Kier molecular flexibility index (Phi) is 5.22. The molecule has 2 aromatic rings. The predicted molar refractivity (Wildman–Crippen MR) is 97.5 cm³/mol. The summed E-state index contributed by atoms with van der Waals surface area (Å²) in [6.45, 7) is 0. The zero-order valence-corrected chi connectivity index (χ0v) is 14.7. The van der Waals surface area contributed by atoms with E-state index in [0.717, 1.165) is 24.8 Å². The molecule has 4 nitrogen and oxygen atoms in total.